The number of halogens is 1. The molecule has 0 radical (unpaired) electrons. The zero-order valence-corrected chi connectivity index (χ0v) is 12.1. The highest BCUT2D eigenvalue weighted by molar-refractivity contribution is 6.28. The number of hydrogen-bond donors (Lipinski definition) is 2. The summed E-state index contributed by atoms with van der Waals surface area (Å²) in [6, 6.07) is 0. The minimum absolute atomic E-state index is 0.218. The molecular weight excluding hydrogens is 250 g/mol. The molecule has 1 aromatic heterocycles. The van der Waals surface area contributed by atoms with Gasteiger partial charge in [0.15, 0.2) is 0 Å². The van der Waals surface area contributed by atoms with Crippen LogP contribution in [0.15, 0.2) is 0 Å². The van der Waals surface area contributed by atoms with Crippen LogP contribution in [0, 0.1) is 5.92 Å². The fourth-order valence-electron chi connectivity index (χ4n) is 1.46. The van der Waals surface area contributed by atoms with Crippen LogP contribution in [0.25, 0.3) is 0 Å². The molecule has 0 atom stereocenters. The van der Waals surface area contributed by atoms with Crippen molar-refractivity contribution in [3.05, 3.63) is 5.28 Å². The van der Waals surface area contributed by atoms with Crippen LogP contribution in [0.4, 0.5) is 11.9 Å². The van der Waals surface area contributed by atoms with Crippen LogP contribution in [0.5, 0.6) is 0 Å². The van der Waals surface area contributed by atoms with Crippen LogP contribution in [0.2, 0.25) is 5.28 Å². The van der Waals surface area contributed by atoms with Crippen molar-refractivity contribution >= 4 is 23.5 Å². The predicted molar refractivity (Wildman–Crippen MR) is 76.2 cm³/mol. The second-order valence-electron chi connectivity index (χ2n) is 4.64. The molecule has 0 amide bonds. The first-order valence-corrected chi connectivity index (χ1v) is 6.89. The van der Waals surface area contributed by atoms with Crippen molar-refractivity contribution in [1.29, 1.82) is 0 Å². The van der Waals surface area contributed by atoms with Crippen LogP contribution < -0.4 is 10.6 Å². The molecule has 1 aromatic rings. The summed E-state index contributed by atoms with van der Waals surface area (Å²) in [6.45, 7) is 8.19. The normalized spacial score (nSPS) is 10.7. The molecule has 0 saturated carbocycles. The Bertz CT molecular complexity index is 356. The van der Waals surface area contributed by atoms with Gasteiger partial charge in [-0.15, -0.1) is 0 Å². The second-order valence-corrected chi connectivity index (χ2v) is 4.98. The zero-order valence-electron chi connectivity index (χ0n) is 11.3. The van der Waals surface area contributed by atoms with Gasteiger partial charge in [0.2, 0.25) is 17.2 Å². The Hall–Kier alpha value is -1.10. The highest BCUT2D eigenvalue weighted by atomic mass is 35.5. The zero-order chi connectivity index (χ0) is 13.4. The molecule has 0 aliphatic heterocycles. The summed E-state index contributed by atoms with van der Waals surface area (Å²) in [7, 11) is 0. The highest BCUT2D eigenvalue weighted by Crippen LogP contribution is 2.10. The van der Waals surface area contributed by atoms with Crippen molar-refractivity contribution in [3.8, 4) is 0 Å². The monoisotopic (exact) mass is 271 g/mol. The van der Waals surface area contributed by atoms with Gasteiger partial charge < -0.3 is 10.6 Å². The lowest BCUT2D eigenvalue weighted by Gasteiger charge is -2.08. The lowest BCUT2D eigenvalue weighted by Crippen LogP contribution is -2.11. The number of aromatic nitrogens is 3. The Kier molecular flexibility index (Phi) is 6.72. The maximum atomic E-state index is 5.85. The Morgan fingerprint density at radius 2 is 1.67 bits per heavy atom. The molecule has 1 rings (SSSR count). The van der Waals surface area contributed by atoms with Gasteiger partial charge in [-0.25, -0.2) is 0 Å². The lowest BCUT2D eigenvalue weighted by molar-refractivity contribution is 0.566. The molecule has 0 aliphatic rings. The van der Waals surface area contributed by atoms with Gasteiger partial charge in [0.25, 0.3) is 0 Å². The van der Waals surface area contributed by atoms with Crippen LogP contribution in [0.1, 0.15) is 40.0 Å². The summed E-state index contributed by atoms with van der Waals surface area (Å²) in [5, 5.41) is 6.49. The van der Waals surface area contributed by atoms with Gasteiger partial charge in [-0.2, -0.15) is 15.0 Å². The van der Waals surface area contributed by atoms with Crippen molar-refractivity contribution in [3.63, 3.8) is 0 Å². The molecular formula is C12H22ClN5. The van der Waals surface area contributed by atoms with E-state index < -0.39 is 0 Å². The Morgan fingerprint density at radius 3 is 2.22 bits per heavy atom. The van der Waals surface area contributed by atoms with Crippen molar-refractivity contribution in [2.24, 2.45) is 5.92 Å². The maximum absolute atomic E-state index is 5.85. The quantitative estimate of drug-likeness (QED) is 0.711. The molecule has 0 bridgehead atoms. The first kappa shape index (κ1) is 15.0. The Labute approximate surface area is 114 Å². The van der Waals surface area contributed by atoms with E-state index in [1.807, 2.05) is 0 Å². The topological polar surface area (TPSA) is 62.7 Å². The molecule has 1 heterocycles. The maximum Gasteiger partial charge on any atom is 0.228 e. The van der Waals surface area contributed by atoms with Crippen molar-refractivity contribution in [2.45, 2.75) is 40.0 Å². The summed E-state index contributed by atoms with van der Waals surface area (Å²) in [6.07, 6.45) is 3.30. The predicted octanol–water partition coefficient (Wildman–Crippen LogP) is 3.20. The molecule has 0 aliphatic carbocycles. The van der Waals surface area contributed by atoms with E-state index in [9.17, 15) is 0 Å². The number of rotatable bonds is 8. The van der Waals surface area contributed by atoms with E-state index in [1.54, 1.807) is 0 Å². The van der Waals surface area contributed by atoms with Gasteiger partial charge >= 0.3 is 0 Å². The highest BCUT2D eigenvalue weighted by Gasteiger charge is 2.04. The molecule has 18 heavy (non-hydrogen) atoms. The van der Waals surface area contributed by atoms with E-state index in [-0.39, 0.29) is 5.28 Å². The third-order valence-electron chi connectivity index (χ3n) is 2.38. The van der Waals surface area contributed by atoms with Gasteiger partial charge in [-0.05, 0) is 36.8 Å². The Morgan fingerprint density at radius 1 is 1.06 bits per heavy atom. The lowest BCUT2D eigenvalue weighted by atomic mass is 10.1. The fraction of sp³-hybridized carbons (Fsp3) is 0.750. The number of anilines is 2. The van der Waals surface area contributed by atoms with Crippen LogP contribution in [0.3, 0.4) is 0 Å². The number of nitrogens with zero attached hydrogens (tertiary/aromatic N) is 3. The summed E-state index contributed by atoms with van der Waals surface area (Å²) in [5.41, 5.74) is 0. The smallest absolute Gasteiger partial charge is 0.228 e. The third kappa shape index (κ3) is 6.00. The van der Waals surface area contributed by atoms with E-state index in [4.69, 9.17) is 11.6 Å². The molecule has 5 nitrogen and oxygen atoms in total. The first-order valence-electron chi connectivity index (χ1n) is 6.51. The molecule has 102 valence electrons. The SMILES string of the molecule is CCCNc1nc(Cl)nc(NCCCC(C)C)n1. The molecule has 0 aromatic carbocycles. The molecule has 0 spiro atoms. The van der Waals surface area contributed by atoms with E-state index in [2.05, 4.69) is 46.4 Å². The van der Waals surface area contributed by atoms with E-state index in [1.165, 1.54) is 6.42 Å². The molecule has 0 fully saturated rings. The molecule has 0 saturated heterocycles. The number of hydrogen-bond acceptors (Lipinski definition) is 5. The van der Waals surface area contributed by atoms with Gasteiger partial charge in [0.1, 0.15) is 0 Å². The first-order chi connectivity index (χ1) is 8.61. The Balaban J connectivity index is 2.46. The van der Waals surface area contributed by atoms with Gasteiger partial charge in [0, 0.05) is 13.1 Å². The average Bonchev–Trinajstić information content (AvgIpc) is 2.31. The van der Waals surface area contributed by atoms with Crippen molar-refractivity contribution in [1.82, 2.24) is 15.0 Å². The van der Waals surface area contributed by atoms with Crippen molar-refractivity contribution in [2.75, 3.05) is 23.7 Å². The molecule has 6 heteroatoms. The van der Waals surface area contributed by atoms with Crippen LogP contribution in [-0.2, 0) is 0 Å². The molecule has 2 N–H and O–H groups in total. The van der Waals surface area contributed by atoms with E-state index >= 15 is 0 Å². The summed E-state index contributed by atoms with van der Waals surface area (Å²) < 4.78 is 0. The fourth-order valence-corrected chi connectivity index (χ4v) is 1.62. The summed E-state index contributed by atoms with van der Waals surface area (Å²) in [5.74, 6) is 1.79. The standard InChI is InChI=1S/C12H22ClN5/c1-4-7-14-11-16-10(13)17-12(18-11)15-8-5-6-9(2)3/h9H,4-8H2,1-3H3,(H2,14,15,16,17,18). The van der Waals surface area contributed by atoms with Gasteiger partial charge in [-0.1, -0.05) is 20.8 Å². The van der Waals surface area contributed by atoms with Gasteiger partial charge in [-0.3, -0.25) is 0 Å². The van der Waals surface area contributed by atoms with E-state index in [0.29, 0.717) is 11.9 Å². The minimum Gasteiger partial charge on any atom is -0.354 e. The van der Waals surface area contributed by atoms with Crippen LogP contribution >= 0.6 is 11.6 Å². The van der Waals surface area contributed by atoms with E-state index in [0.717, 1.165) is 31.8 Å². The largest absolute Gasteiger partial charge is 0.354 e. The van der Waals surface area contributed by atoms with Crippen molar-refractivity contribution < 1.29 is 0 Å². The van der Waals surface area contributed by atoms with Crippen LogP contribution in [-0.4, -0.2) is 28.0 Å². The average molecular weight is 272 g/mol. The van der Waals surface area contributed by atoms with Gasteiger partial charge in [0.05, 0.1) is 0 Å². The molecule has 0 unspecified atom stereocenters. The third-order valence-corrected chi connectivity index (χ3v) is 2.55. The summed E-state index contributed by atoms with van der Waals surface area (Å²) >= 11 is 5.85. The number of nitrogens with one attached hydrogen (secondary N) is 2. The summed E-state index contributed by atoms with van der Waals surface area (Å²) in [4.78, 5) is 12.3. The minimum atomic E-state index is 0.218. The second kappa shape index (κ2) is 8.08.